The maximum Gasteiger partial charge on any atom is 0.127 e. The fraction of sp³-hybridized carbons (Fsp3) is 0.400. The molecular formula is C10H11BrFN3. The second-order valence-electron chi connectivity index (χ2n) is 3.92. The van der Waals surface area contributed by atoms with E-state index in [1.165, 1.54) is 12.1 Å². The molecule has 2 aromatic rings. The molecule has 0 radical (unpaired) electrons. The van der Waals surface area contributed by atoms with Crippen molar-refractivity contribution in [2.75, 3.05) is 0 Å². The van der Waals surface area contributed by atoms with Gasteiger partial charge in [0.25, 0.3) is 0 Å². The minimum absolute atomic E-state index is 0.276. The van der Waals surface area contributed by atoms with Crippen LogP contribution in [0.5, 0.6) is 0 Å². The van der Waals surface area contributed by atoms with Gasteiger partial charge in [-0.1, -0.05) is 19.1 Å². The highest BCUT2D eigenvalue weighted by Gasteiger charge is 2.10. The zero-order valence-electron chi connectivity index (χ0n) is 8.54. The normalized spacial score (nSPS) is 11.5. The SMILES string of the molecule is CC(C)Cn1nnc2c(Br)cc(F)cc21. The second kappa shape index (κ2) is 3.89. The summed E-state index contributed by atoms with van der Waals surface area (Å²) in [4.78, 5) is 0. The third kappa shape index (κ3) is 2.02. The van der Waals surface area contributed by atoms with E-state index in [-0.39, 0.29) is 5.82 Å². The van der Waals surface area contributed by atoms with E-state index < -0.39 is 0 Å². The Bertz CT molecular complexity index is 493. The lowest BCUT2D eigenvalue weighted by atomic mass is 10.2. The Labute approximate surface area is 95.4 Å². The summed E-state index contributed by atoms with van der Waals surface area (Å²) in [6, 6.07) is 2.86. The first-order valence-electron chi connectivity index (χ1n) is 4.76. The predicted molar refractivity (Wildman–Crippen MR) is 60.0 cm³/mol. The lowest BCUT2D eigenvalue weighted by molar-refractivity contribution is 0.482. The molecule has 15 heavy (non-hydrogen) atoms. The van der Waals surface area contributed by atoms with Crippen molar-refractivity contribution in [2.24, 2.45) is 5.92 Å². The van der Waals surface area contributed by atoms with Crippen LogP contribution in [0.25, 0.3) is 11.0 Å². The molecule has 1 heterocycles. The van der Waals surface area contributed by atoms with E-state index in [1.807, 2.05) is 0 Å². The van der Waals surface area contributed by atoms with Crippen molar-refractivity contribution in [1.29, 1.82) is 0 Å². The van der Waals surface area contributed by atoms with Gasteiger partial charge in [-0.25, -0.2) is 9.07 Å². The van der Waals surface area contributed by atoms with Crippen LogP contribution in [0.1, 0.15) is 13.8 Å². The van der Waals surface area contributed by atoms with Crippen LogP contribution in [-0.2, 0) is 6.54 Å². The van der Waals surface area contributed by atoms with Gasteiger partial charge in [0, 0.05) is 12.6 Å². The van der Waals surface area contributed by atoms with Gasteiger partial charge in [0.2, 0.25) is 0 Å². The maximum absolute atomic E-state index is 13.2. The molecule has 0 spiro atoms. The minimum atomic E-state index is -0.276. The Morgan fingerprint density at radius 1 is 1.47 bits per heavy atom. The summed E-state index contributed by atoms with van der Waals surface area (Å²) in [5, 5.41) is 8.02. The number of halogens is 2. The van der Waals surface area contributed by atoms with Crippen molar-refractivity contribution in [3.8, 4) is 0 Å². The highest BCUT2D eigenvalue weighted by atomic mass is 79.9. The molecule has 0 saturated carbocycles. The molecule has 0 aliphatic carbocycles. The van der Waals surface area contributed by atoms with Crippen molar-refractivity contribution < 1.29 is 4.39 Å². The fourth-order valence-corrected chi connectivity index (χ4v) is 1.98. The third-order valence-corrected chi connectivity index (χ3v) is 2.68. The van der Waals surface area contributed by atoms with E-state index in [9.17, 15) is 4.39 Å². The average molecular weight is 272 g/mol. The van der Waals surface area contributed by atoms with Crippen molar-refractivity contribution in [1.82, 2.24) is 15.0 Å². The van der Waals surface area contributed by atoms with Gasteiger partial charge >= 0.3 is 0 Å². The molecule has 3 nitrogen and oxygen atoms in total. The van der Waals surface area contributed by atoms with Gasteiger partial charge in [-0.05, 0) is 27.9 Å². The molecule has 80 valence electrons. The molecule has 1 aromatic carbocycles. The standard InChI is InChI=1S/C10H11BrFN3/c1-6(2)5-15-9-4-7(12)3-8(11)10(9)13-14-15/h3-4,6H,5H2,1-2H3. The fourth-order valence-electron chi connectivity index (χ4n) is 1.48. The van der Waals surface area contributed by atoms with Crippen LogP contribution >= 0.6 is 15.9 Å². The van der Waals surface area contributed by atoms with E-state index >= 15 is 0 Å². The molecule has 0 unspecified atom stereocenters. The summed E-state index contributed by atoms with van der Waals surface area (Å²) < 4.78 is 15.6. The van der Waals surface area contributed by atoms with Crippen LogP contribution in [0, 0.1) is 11.7 Å². The van der Waals surface area contributed by atoms with Gasteiger partial charge in [0.15, 0.2) is 0 Å². The summed E-state index contributed by atoms with van der Waals surface area (Å²) in [6.07, 6.45) is 0. The molecular weight excluding hydrogens is 261 g/mol. The quantitative estimate of drug-likeness (QED) is 0.841. The highest BCUT2D eigenvalue weighted by molar-refractivity contribution is 9.10. The van der Waals surface area contributed by atoms with Crippen molar-refractivity contribution in [3.05, 3.63) is 22.4 Å². The first-order chi connectivity index (χ1) is 7.08. The van der Waals surface area contributed by atoms with Gasteiger partial charge in [-0.2, -0.15) is 0 Å². The van der Waals surface area contributed by atoms with Crippen LogP contribution in [0.15, 0.2) is 16.6 Å². The number of aromatic nitrogens is 3. The number of nitrogens with zero attached hydrogens (tertiary/aromatic N) is 3. The van der Waals surface area contributed by atoms with Gasteiger partial charge in [0.05, 0.1) is 9.99 Å². The Morgan fingerprint density at radius 2 is 2.20 bits per heavy atom. The van der Waals surface area contributed by atoms with Crippen molar-refractivity contribution >= 4 is 27.0 Å². The molecule has 0 bridgehead atoms. The molecule has 1 aromatic heterocycles. The molecule has 0 N–H and O–H groups in total. The molecule has 0 aliphatic rings. The van der Waals surface area contributed by atoms with E-state index in [1.54, 1.807) is 4.68 Å². The molecule has 0 saturated heterocycles. The number of benzene rings is 1. The summed E-state index contributed by atoms with van der Waals surface area (Å²) >= 11 is 3.27. The van der Waals surface area contributed by atoms with Crippen LogP contribution in [0.4, 0.5) is 4.39 Å². The third-order valence-electron chi connectivity index (χ3n) is 2.08. The zero-order valence-corrected chi connectivity index (χ0v) is 10.1. The Morgan fingerprint density at radius 3 is 2.87 bits per heavy atom. The average Bonchev–Trinajstić information content (AvgIpc) is 2.48. The summed E-state index contributed by atoms with van der Waals surface area (Å²) in [6.45, 7) is 4.91. The smallest absolute Gasteiger partial charge is 0.127 e. The van der Waals surface area contributed by atoms with Crippen LogP contribution < -0.4 is 0 Å². The number of fused-ring (bicyclic) bond motifs is 1. The van der Waals surface area contributed by atoms with Crippen molar-refractivity contribution in [3.63, 3.8) is 0 Å². The summed E-state index contributed by atoms with van der Waals surface area (Å²) in [5.41, 5.74) is 1.44. The lowest BCUT2D eigenvalue weighted by Gasteiger charge is -2.04. The van der Waals surface area contributed by atoms with Gasteiger partial charge in [0.1, 0.15) is 11.3 Å². The lowest BCUT2D eigenvalue weighted by Crippen LogP contribution is -2.06. The Balaban J connectivity index is 2.58. The molecule has 2 rings (SSSR count). The highest BCUT2D eigenvalue weighted by Crippen LogP contribution is 2.23. The molecule has 0 atom stereocenters. The molecule has 5 heteroatoms. The van der Waals surface area contributed by atoms with E-state index in [2.05, 4.69) is 40.1 Å². The number of hydrogen-bond acceptors (Lipinski definition) is 2. The van der Waals surface area contributed by atoms with Crippen LogP contribution in [-0.4, -0.2) is 15.0 Å². The van der Waals surface area contributed by atoms with Gasteiger partial charge in [-0.15, -0.1) is 5.10 Å². The number of hydrogen-bond donors (Lipinski definition) is 0. The Hall–Kier alpha value is -0.970. The van der Waals surface area contributed by atoms with Gasteiger partial charge < -0.3 is 0 Å². The van der Waals surface area contributed by atoms with Crippen LogP contribution in [0.3, 0.4) is 0 Å². The first-order valence-corrected chi connectivity index (χ1v) is 5.55. The predicted octanol–water partition coefficient (Wildman–Crippen LogP) is 2.99. The van der Waals surface area contributed by atoms with Crippen LogP contribution in [0.2, 0.25) is 0 Å². The largest absolute Gasteiger partial charge is 0.244 e. The summed E-state index contributed by atoms with van der Waals surface area (Å²) in [7, 11) is 0. The van der Waals surface area contributed by atoms with E-state index in [0.29, 0.717) is 15.9 Å². The minimum Gasteiger partial charge on any atom is -0.244 e. The zero-order chi connectivity index (χ0) is 11.0. The summed E-state index contributed by atoms with van der Waals surface area (Å²) in [5.74, 6) is 0.179. The first kappa shape index (κ1) is 10.5. The van der Waals surface area contributed by atoms with Gasteiger partial charge in [-0.3, -0.25) is 0 Å². The monoisotopic (exact) mass is 271 g/mol. The maximum atomic E-state index is 13.2. The molecule has 0 amide bonds. The van der Waals surface area contributed by atoms with Crippen molar-refractivity contribution in [2.45, 2.75) is 20.4 Å². The molecule has 0 aliphatic heterocycles. The van der Waals surface area contributed by atoms with E-state index in [0.717, 1.165) is 12.1 Å². The number of rotatable bonds is 2. The topological polar surface area (TPSA) is 30.7 Å². The molecule has 0 fully saturated rings. The van der Waals surface area contributed by atoms with E-state index in [4.69, 9.17) is 0 Å². The Kier molecular flexibility index (Phi) is 2.73. The second-order valence-corrected chi connectivity index (χ2v) is 4.78.